The van der Waals surface area contributed by atoms with Gasteiger partial charge in [0, 0.05) is 5.56 Å². The van der Waals surface area contributed by atoms with E-state index in [4.69, 9.17) is 9.47 Å². The molecule has 0 bridgehead atoms. The fourth-order valence-electron chi connectivity index (χ4n) is 1.77. The highest BCUT2D eigenvalue weighted by Gasteiger charge is 2.19. The van der Waals surface area contributed by atoms with Gasteiger partial charge in [-0.3, -0.25) is 10.1 Å². The summed E-state index contributed by atoms with van der Waals surface area (Å²) in [5, 5.41) is 1.93. The second kappa shape index (κ2) is 7.26. The van der Waals surface area contributed by atoms with Gasteiger partial charge in [0.2, 0.25) is 0 Å². The van der Waals surface area contributed by atoms with Crippen LogP contribution in [0.3, 0.4) is 0 Å². The first kappa shape index (κ1) is 15.6. The predicted molar refractivity (Wildman–Crippen MR) is 76.0 cm³/mol. The van der Waals surface area contributed by atoms with Crippen molar-refractivity contribution in [1.29, 1.82) is 0 Å². The van der Waals surface area contributed by atoms with Gasteiger partial charge >= 0.3 is 12.1 Å². The van der Waals surface area contributed by atoms with Crippen molar-refractivity contribution in [3.63, 3.8) is 0 Å². The van der Waals surface area contributed by atoms with E-state index in [2.05, 4.69) is 4.74 Å². The third-order valence-electron chi connectivity index (χ3n) is 2.75. The maximum Gasteiger partial charge on any atom is 0.413 e. The van der Waals surface area contributed by atoms with Crippen LogP contribution >= 0.6 is 0 Å². The van der Waals surface area contributed by atoms with E-state index in [1.807, 2.05) is 17.4 Å². The van der Waals surface area contributed by atoms with Gasteiger partial charge in [0.1, 0.15) is 12.4 Å². The lowest BCUT2D eigenvalue weighted by molar-refractivity contribution is -0.144. The van der Waals surface area contributed by atoms with Crippen LogP contribution in [0.15, 0.2) is 29.8 Å². The minimum absolute atomic E-state index is 0.0648. The van der Waals surface area contributed by atoms with Gasteiger partial charge in [0.05, 0.1) is 12.2 Å². The molecule has 0 fully saturated rings. The van der Waals surface area contributed by atoms with Crippen molar-refractivity contribution in [3.8, 4) is 5.75 Å². The van der Waals surface area contributed by atoms with Crippen molar-refractivity contribution in [2.45, 2.75) is 6.92 Å². The Morgan fingerprint density at radius 2 is 2.00 bits per heavy atom. The van der Waals surface area contributed by atoms with Gasteiger partial charge in [-0.25, -0.2) is 9.59 Å². The second-order valence-corrected chi connectivity index (χ2v) is 4.34. The molecule has 1 aliphatic rings. The van der Waals surface area contributed by atoms with E-state index in [0.29, 0.717) is 11.3 Å². The van der Waals surface area contributed by atoms with Crippen LogP contribution in [0.4, 0.5) is 4.79 Å². The van der Waals surface area contributed by atoms with Crippen LogP contribution in [-0.4, -0.2) is 37.8 Å². The quantitative estimate of drug-likeness (QED) is 0.843. The number of carbonyl (C=O) groups is 3. The van der Waals surface area contributed by atoms with Crippen LogP contribution in [-0.2, 0) is 19.1 Å². The summed E-state index contributed by atoms with van der Waals surface area (Å²) in [5.74, 6) is -0.753. The Bertz CT molecular complexity index is 622. The van der Waals surface area contributed by atoms with Gasteiger partial charge in [-0.1, -0.05) is 18.2 Å². The summed E-state index contributed by atoms with van der Waals surface area (Å²) >= 11 is 0. The Kier molecular flexibility index (Phi) is 5.13. The molecule has 0 radical (unpaired) electrons. The number of nitrogens with one attached hydrogen (secondary N) is 1. The number of imide groups is 1. The highest BCUT2D eigenvalue weighted by molar-refractivity contribution is 5.98. The number of carbonyl (C=O) groups excluding carboxylic acids is 3. The Labute approximate surface area is 126 Å². The first-order valence-electron chi connectivity index (χ1n) is 6.66. The third-order valence-corrected chi connectivity index (χ3v) is 2.75. The van der Waals surface area contributed by atoms with Gasteiger partial charge in [-0.2, -0.15) is 0 Å². The minimum Gasteiger partial charge on any atom is -0.488 e. The van der Waals surface area contributed by atoms with Crippen molar-refractivity contribution in [1.82, 2.24) is 5.32 Å². The normalized spacial score (nSPS) is 12.3. The number of hydrogen-bond donors (Lipinski definition) is 1. The molecule has 1 aliphatic heterocycles. The van der Waals surface area contributed by atoms with Crippen LogP contribution in [0.2, 0.25) is 0 Å². The zero-order valence-corrected chi connectivity index (χ0v) is 12.0. The molecule has 22 heavy (non-hydrogen) atoms. The molecule has 2 amide bonds. The third kappa shape index (κ3) is 4.08. The lowest BCUT2D eigenvalue weighted by Gasteiger charge is -2.16. The molecule has 1 N–H and O–H groups in total. The molecule has 0 saturated heterocycles. The van der Waals surface area contributed by atoms with Crippen molar-refractivity contribution < 1.29 is 28.6 Å². The molecule has 7 nitrogen and oxygen atoms in total. The molecule has 0 saturated carbocycles. The zero-order chi connectivity index (χ0) is 15.9. The van der Waals surface area contributed by atoms with Gasteiger partial charge in [0.25, 0.3) is 5.91 Å². The smallest absolute Gasteiger partial charge is 0.413 e. The SMILES string of the molecule is CCOC(=O)NC(=O)COC(=O)C1=Cc2ccccc2OC1. The number of rotatable bonds is 4. The predicted octanol–water partition coefficient (Wildman–Crippen LogP) is 1.28. The van der Waals surface area contributed by atoms with Crippen molar-refractivity contribution in [2.75, 3.05) is 19.8 Å². The summed E-state index contributed by atoms with van der Waals surface area (Å²) in [5.41, 5.74) is 1.05. The van der Waals surface area contributed by atoms with Crippen molar-refractivity contribution in [3.05, 3.63) is 35.4 Å². The second-order valence-electron chi connectivity index (χ2n) is 4.34. The van der Waals surface area contributed by atoms with E-state index in [9.17, 15) is 14.4 Å². The number of esters is 1. The van der Waals surface area contributed by atoms with Crippen LogP contribution in [0, 0.1) is 0 Å². The van der Waals surface area contributed by atoms with E-state index >= 15 is 0 Å². The van der Waals surface area contributed by atoms with Gasteiger partial charge in [-0.15, -0.1) is 0 Å². The molecule has 0 spiro atoms. The number of alkyl carbamates (subject to hydrolysis) is 1. The number of para-hydroxylation sites is 1. The number of hydrogen-bond acceptors (Lipinski definition) is 6. The first-order chi connectivity index (χ1) is 10.6. The number of benzene rings is 1. The molecule has 0 aromatic heterocycles. The first-order valence-corrected chi connectivity index (χ1v) is 6.66. The Balaban J connectivity index is 1.87. The Morgan fingerprint density at radius 3 is 2.77 bits per heavy atom. The average molecular weight is 305 g/mol. The van der Waals surface area contributed by atoms with E-state index in [-0.39, 0.29) is 13.2 Å². The number of amides is 2. The average Bonchev–Trinajstić information content (AvgIpc) is 2.52. The number of fused-ring (bicyclic) bond motifs is 1. The topological polar surface area (TPSA) is 90.9 Å². The minimum atomic E-state index is -0.877. The highest BCUT2D eigenvalue weighted by atomic mass is 16.6. The maximum atomic E-state index is 11.9. The molecule has 0 atom stereocenters. The summed E-state index contributed by atoms with van der Waals surface area (Å²) in [7, 11) is 0. The van der Waals surface area contributed by atoms with E-state index in [1.54, 1.807) is 25.1 Å². The lowest BCUT2D eigenvalue weighted by Crippen LogP contribution is -2.35. The molecule has 2 rings (SSSR count). The highest BCUT2D eigenvalue weighted by Crippen LogP contribution is 2.25. The standard InChI is InChI=1S/C15H15NO6/c1-2-20-15(19)16-13(17)9-22-14(18)11-7-10-5-3-4-6-12(10)21-8-11/h3-7H,2,8-9H2,1H3,(H,16,17,19). The summed E-state index contributed by atoms with van der Waals surface area (Å²) in [6.07, 6.45) is 0.766. The monoisotopic (exact) mass is 305 g/mol. The van der Waals surface area contributed by atoms with Crippen LogP contribution < -0.4 is 10.1 Å². The molecule has 1 aromatic rings. The summed E-state index contributed by atoms with van der Waals surface area (Å²) in [4.78, 5) is 34.2. The Hall–Kier alpha value is -2.83. The molecule has 1 aromatic carbocycles. The van der Waals surface area contributed by atoms with Gasteiger partial charge in [0.15, 0.2) is 6.61 Å². The molecule has 0 unspecified atom stereocenters. The molecule has 1 heterocycles. The largest absolute Gasteiger partial charge is 0.488 e. The van der Waals surface area contributed by atoms with Crippen molar-refractivity contribution >= 4 is 24.0 Å². The van der Waals surface area contributed by atoms with Crippen LogP contribution in [0.5, 0.6) is 5.75 Å². The lowest BCUT2D eigenvalue weighted by atomic mass is 10.1. The van der Waals surface area contributed by atoms with Gasteiger partial charge < -0.3 is 14.2 Å². The van der Waals surface area contributed by atoms with E-state index < -0.39 is 24.6 Å². The van der Waals surface area contributed by atoms with E-state index in [1.165, 1.54) is 0 Å². The van der Waals surface area contributed by atoms with Crippen LogP contribution in [0.1, 0.15) is 12.5 Å². The summed E-state index contributed by atoms with van der Waals surface area (Å²) in [6, 6.07) is 7.24. The molecular weight excluding hydrogens is 290 g/mol. The van der Waals surface area contributed by atoms with Crippen molar-refractivity contribution in [2.24, 2.45) is 0 Å². The molecule has 7 heteroatoms. The fourth-order valence-corrected chi connectivity index (χ4v) is 1.77. The van der Waals surface area contributed by atoms with Crippen LogP contribution in [0.25, 0.3) is 6.08 Å². The summed E-state index contributed by atoms with van der Waals surface area (Å²) < 4.78 is 14.8. The maximum absolute atomic E-state index is 11.9. The molecule has 116 valence electrons. The van der Waals surface area contributed by atoms with E-state index in [0.717, 1.165) is 5.56 Å². The molecule has 0 aliphatic carbocycles. The Morgan fingerprint density at radius 1 is 1.23 bits per heavy atom. The van der Waals surface area contributed by atoms with Gasteiger partial charge in [-0.05, 0) is 19.1 Å². The fraction of sp³-hybridized carbons (Fsp3) is 0.267. The zero-order valence-electron chi connectivity index (χ0n) is 12.0. The molecular formula is C15H15NO6. The summed E-state index contributed by atoms with van der Waals surface area (Å²) in [6.45, 7) is 1.24. The number of ether oxygens (including phenoxy) is 3.